The zero-order valence-electron chi connectivity index (χ0n) is 16.8. The molecule has 3 aromatic rings. The third kappa shape index (κ3) is 3.62. The molecule has 5 nitrogen and oxygen atoms in total. The summed E-state index contributed by atoms with van der Waals surface area (Å²) in [5, 5.41) is 0.750. The van der Waals surface area contributed by atoms with Crippen LogP contribution in [0.3, 0.4) is 0 Å². The molecule has 2 bridgehead atoms. The zero-order chi connectivity index (χ0) is 21.0. The number of benzene rings is 1. The minimum Gasteiger partial charge on any atom is -0.494 e. The lowest BCUT2D eigenvalue weighted by atomic mass is 10.1. The van der Waals surface area contributed by atoms with Crippen LogP contribution in [0.2, 0.25) is 0 Å². The Morgan fingerprint density at radius 2 is 1.84 bits per heavy atom. The van der Waals surface area contributed by atoms with Crippen LogP contribution in [-0.2, 0) is 17.5 Å². The van der Waals surface area contributed by atoms with Gasteiger partial charge in [-0.2, -0.15) is 13.2 Å². The number of aromatic nitrogens is 2. The van der Waals surface area contributed by atoms with Crippen molar-refractivity contribution in [2.24, 2.45) is 0 Å². The van der Waals surface area contributed by atoms with E-state index in [1.807, 2.05) is 0 Å². The van der Waals surface area contributed by atoms with Crippen LogP contribution < -0.4 is 4.74 Å². The fourth-order valence-corrected chi connectivity index (χ4v) is 4.94. The van der Waals surface area contributed by atoms with Gasteiger partial charge in [0.05, 0.1) is 31.4 Å². The van der Waals surface area contributed by atoms with Gasteiger partial charge in [0.25, 0.3) is 0 Å². The SMILES string of the molecule is COc1cc2c(cc1F)c1ccnc(C(F)(F)F)c1n2CCN1C2CCC1COC2.Cl. The van der Waals surface area contributed by atoms with Gasteiger partial charge in [0.1, 0.15) is 0 Å². The fraction of sp³-hybridized carbons (Fsp3) is 0.476. The van der Waals surface area contributed by atoms with Crippen LogP contribution in [0.4, 0.5) is 17.6 Å². The Kier molecular flexibility index (Phi) is 5.78. The summed E-state index contributed by atoms with van der Waals surface area (Å²) in [6.07, 6.45) is -1.43. The van der Waals surface area contributed by atoms with E-state index in [9.17, 15) is 17.6 Å². The van der Waals surface area contributed by atoms with Gasteiger partial charge in [0.15, 0.2) is 17.3 Å². The second-order valence-electron chi connectivity index (χ2n) is 7.87. The van der Waals surface area contributed by atoms with Gasteiger partial charge in [-0.1, -0.05) is 0 Å². The van der Waals surface area contributed by atoms with Crippen molar-refractivity contribution in [3.05, 3.63) is 35.9 Å². The van der Waals surface area contributed by atoms with Gasteiger partial charge in [0.2, 0.25) is 0 Å². The summed E-state index contributed by atoms with van der Waals surface area (Å²) in [5.74, 6) is -0.611. The van der Waals surface area contributed by atoms with Crippen molar-refractivity contribution in [3.63, 3.8) is 0 Å². The minimum absolute atomic E-state index is 0. The molecule has 2 fully saturated rings. The molecule has 1 aromatic carbocycles. The third-order valence-corrected chi connectivity index (χ3v) is 6.29. The van der Waals surface area contributed by atoms with E-state index in [4.69, 9.17) is 9.47 Å². The van der Waals surface area contributed by atoms with Crippen molar-refractivity contribution in [1.82, 2.24) is 14.5 Å². The molecule has 4 heterocycles. The summed E-state index contributed by atoms with van der Waals surface area (Å²) >= 11 is 0. The molecule has 2 atom stereocenters. The van der Waals surface area contributed by atoms with Gasteiger partial charge >= 0.3 is 6.18 Å². The lowest BCUT2D eigenvalue weighted by Crippen LogP contribution is -2.46. The van der Waals surface area contributed by atoms with Gasteiger partial charge in [-0.15, -0.1) is 12.4 Å². The first kappa shape index (κ1) is 22.1. The molecule has 2 aliphatic rings. The van der Waals surface area contributed by atoms with Gasteiger partial charge in [-0.25, -0.2) is 9.37 Å². The molecule has 31 heavy (non-hydrogen) atoms. The number of rotatable bonds is 4. The topological polar surface area (TPSA) is 39.5 Å². The maximum atomic E-state index is 14.4. The Hall–Kier alpha value is -2.10. The Labute approximate surface area is 182 Å². The summed E-state index contributed by atoms with van der Waals surface area (Å²) < 4.78 is 68.0. The molecule has 0 N–H and O–H groups in total. The monoisotopic (exact) mass is 459 g/mol. The first-order chi connectivity index (χ1) is 14.4. The van der Waals surface area contributed by atoms with Crippen LogP contribution in [0.1, 0.15) is 18.5 Å². The number of nitrogens with zero attached hydrogens (tertiary/aromatic N) is 3. The maximum absolute atomic E-state index is 14.4. The van der Waals surface area contributed by atoms with E-state index in [0.717, 1.165) is 19.0 Å². The van der Waals surface area contributed by atoms with E-state index < -0.39 is 17.7 Å². The quantitative estimate of drug-likeness (QED) is 0.533. The average molecular weight is 460 g/mol. The number of hydrogen-bond acceptors (Lipinski definition) is 4. The Morgan fingerprint density at radius 3 is 2.48 bits per heavy atom. The van der Waals surface area contributed by atoms with Crippen LogP contribution in [0.15, 0.2) is 24.4 Å². The van der Waals surface area contributed by atoms with Crippen LogP contribution >= 0.6 is 12.4 Å². The summed E-state index contributed by atoms with van der Waals surface area (Å²) in [5.41, 5.74) is -0.476. The summed E-state index contributed by atoms with van der Waals surface area (Å²) in [6, 6.07) is 4.81. The first-order valence-electron chi connectivity index (χ1n) is 9.93. The van der Waals surface area contributed by atoms with Gasteiger partial charge < -0.3 is 14.0 Å². The molecule has 2 aromatic heterocycles. The number of pyridine rings is 1. The Balaban J connectivity index is 0.00000231. The van der Waals surface area contributed by atoms with Crippen LogP contribution in [0.5, 0.6) is 5.75 Å². The van der Waals surface area contributed by atoms with E-state index in [1.165, 1.54) is 25.3 Å². The second kappa shape index (κ2) is 8.11. The molecule has 2 unspecified atom stereocenters. The number of alkyl halides is 3. The first-order valence-corrected chi connectivity index (χ1v) is 9.93. The highest BCUT2D eigenvalue weighted by Gasteiger charge is 2.39. The highest BCUT2D eigenvalue weighted by Crippen LogP contribution is 2.39. The Morgan fingerprint density at radius 1 is 1.13 bits per heavy atom. The van der Waals surface area contributed by atoms with E-state index in [-0.39, 0.29) is 23.7 Å². The number of hydrogen-bond donors (Lipinski definition) is 0. The van der Waals surface area contributed by atoms with Gasteiger partial charge in [-0.05, 0) is 25.0 Å². The van der Waals surface area contributed by atoms with E-state index in [2.05, 4.69) is 9.88 Å². The van der Waals surface area contributed by atoms with Gasteiger partial charge in [-0.3, -0.25) is 4.90 Å². The number of ether oxygens (including phenoxy) is 2. The van der Waals surface area contributed by atoms with E-state index >= 15 is 0 Å². The summed E-state index contributed by atoms with van der Waals surface area (Å²) in [4.78, 5) is 5.96. The molecule has 10 heteroatoms. The van der Waals surface area contributed by atoms with Crippen molar-refractivity contribution in [2.45, 2.75) is 37.6 Å². The summed E-state index contributed by atoms with van der Waals surface area (Å²) in [7, 11) is 1.34. The van der Waals surface area contributed by atoms with E-state index in [0.29, 0.717) is 54.7 Å². The molecule has 168 valence electrons. The largest absolute Gasteiger partial charge is 0.494 e. The van der Waals surface area contributed by atoms with Crippen LogP contribution in [-0.4, -0.2) is 53.4 Å². The van der Waals surface area contributed by atoms with Crippen molar-refractivity contribution in [3.8, 4) is 5.75 Å². The van der Waals surface area contributed by atoms with Crippen molar-refractivity contribution in [1.29, 1.82) is 0 Å². The minimum atomic E-state index is -4.62. The van der Waals surface area contributed by atoms with Crippen molar-refractivity contribution >= 4 is 34.2 Å². The van der Waals surface area contributed by atoms with Crippen LogP contribution in [0, 0.1) is 5.82 Å². The number of fused-ring (bicyclic) bond motifs is 5. The molecular weight excluding hydrogens is 438 g/mol. The average Bonchev–Trinajstić information content (AvgIpc) is 3.12. The normalized spacial score (nSPS) is 21.6. The van der Waals surface area contributed by atoms with Crippen LogP contribution in [0.25, 0.3) is 21.8 Å². The van der Waals surface area contributed by atoms with Gasteiger partial charge in [0, 0.05) is 48.2 Å². The fourth-order valence-electron chi connectivity index (χ4n) is 4.94. The third-order valence-electron chi connectivity index (χ3n) is 6.29. The highest BCUT2D eigenvalue weighted by atomic mass is 35.5. The lowest BCUT2D eigenvalue weighted by molar-refractivity contribution is -0.140. The second-order valence-corrected chi connectivity index (χ2v) is 7.87. The molecule has 0 spiro atoms. The number of methoxy groups -OCH3 is 1. The summed E-state index contributed by atoms with van der Waals surface area (Å²) in [6.45, 7) is 2.22. The van der Waals surface area contributed by atoms with Crippen molar-refractivity contribution in [2.75, 3.05) is 26.9 Å². The maximum Gasteiger partial charge on any atom is 0.435 e. The molecule has 5 rings (SSSR count). The molecule has 0 amide bonds. The number of morpholine rings is 1. The smallest absolute Gasteiger partial charge is 0.435 e. The molecular formula is C21H22ClF4N3O2. The molecule has 2 saturated heterocycles. The molecule has 0 radical (unpaired) electrons. The van der Waals surface area contributed by atoms with Crippen molar-refractivity contribution < 1.29 is 27.0 Å². The Bertz CT molecular complexity index is 1100. The lowest BCUT2D eigenvalue weighted by Gasteiger charge is -2.34. The predicted octanol–water partition coefficient (Wildman–Crippen LogP) is 4.64. The molecule has 2 aliphatic heterocycles. The standard InChI is InChI=1S/C21H21F4N3O2.ClH/c1-29-18-9-17-15(8-16(18)22)14-4-5-26-20(21(23,24)25)19(14)28(17)7-6-27-12-2-3-13(27)11-30-10-12;/h4-5,8-9,12-13H,2-3,6-7,10-11H2,1H3;1H. The number of halogens is 5. The molecule has 0 aliphatic carbocycles. The molecule has 0 saturated carbocycles. The predicted molar refractivity (Wildman–Crippen MR) is 110 cm³/mol. The van der Waals surface area contributed by atoms with E-state index in [1.54, 1.807) is 4.57 Å². The zero-order valence-corrected chi connectivity index (χ0v) is 17.6. The highest BCUT2D eigenvalue weighted by molar-refractivity contribution is 6.09.